The van der Waals surface area contributed by atoms with E-state index >= 15 is 0 Å². The molecular weight excluding hydrogens is 355 g/mol. The Labute approximate surface area is 148 Å². The number of ether oxygens (including phenoxy) is 1. The van der Waals surface area contributed by atoms with Gasteiger partial charge in [0.1, 0.15) is 5.15 Å². The first-order valence-corrected chi connectivity index (χ1v) is 7.79. The van der Waals surface area contributed by atoms with Crippen molar-refractivity contribution in [3.8, 4) is 0 Å². The minimum absolute atomic E-state index is 0.0848. The molecule has 0 saturated heterocycles. The van der Waals surface area contributed by atoms with Crippen LogP contribution < -0.4 is 5.32 Å². The number of halogens is 2. The Hall–Kier alpha value is -2.12. The van der Waals surface area contributed by atoms with Crippen LogP contribution in [0.5, 0.6) is 0 Å². The van der Waals surface area contributed by atoms with Gasteiger partial charge in [-0.1, -0.05) is 23.2 Å². The van der Waals surface area contributed by atoms with Gasteiger partial charge in [0.25, 0.3) is 5.91 Å². The molecule has 1 N–H and O–H groups in total. The van der Waals surface area contributed by atoms with Crippen molar-refractivity contribution < 1.29 is 14.3 Å². The van der Waals surface area contributed by atoms with E-state index in [0.717, 1.165) is 5.69 Å². The van der Waals surface area contributed by atoms with Gasteiger partial charge in [0, 0.05) is 13.2 Å². The van der Waals surface area contributed by atoms with Crippen LogP contribution in [0.3, 0.4) is 0 Å². The molecule has 1 atom stereocenters. The highest BCUT2D eigenvalue weighted by molar-refractivity contribution is 6.41. The minimum Gasteiger partial charge on any atom is -0.449 e. The van der Waals surface area contributed by atoms with Gasteiger partial charge in [0.15, 0.2) is 6.10 Å². The third-order valence-electron chi connectivity index (χ3n) is 3.44. The number of aromatic nitrogens is 3. The molecule has 1 amide bonds. The number of carbonyl (C=O) groups is 2. The topological polar surface area (TPSA) is 86.1 Å². The zero-order valence-corrected chi connectivity index (χ0v) is 15.1. The predicted octanol–water partition coefficient (Wildman–Crippen LogP) is 2.92. The molecule has 7 nitrogen and oxygen atoms in total. The van der Waals surface area contributed by atoms with Crippen LogP contribution in [0.2, 0.25) is 10.2 Å². The molecule has 0 aliphatic carbocycles. The van der Waals surface area contributed by atoms with Crippen LogP contribution in [-0.2, 0) is 16.6 Å². The fourth-order valence-corrected chi connectivity index (χ4v) is 2.26. The number of nitrogens with one attached hydrogen (secondary N) is 1. The number of carbonyl (C=O) groups excluding carboxylic acids is 2. The standard InChI is InChI=1S/C15H16Cl2N4O3/c1-7-12(8(2)21(4)20-7)19-14(22)9(3)24-15(23)10-5-11(16)13(17)18-6-10/h5-6,9H,1-4H3,(H,19,22)/t9-/m0/s1. The van der Waals surface area contributed by atoms with Gasteiger partial charge in [-0.15, -0.1) is 0 Å². The number of rotatable bonds is 4. The summed E-state index contributed by atoms with van der Waals surface area (Å²) in [4.78, 5) is 28.0. The predicted molar refractivity (Wildman–Crippen MR) is 90.4 cm³/mol. The fourth-order valence-electron chi connectivity index (χ4n) is 1.99. The van der Waals surface area contributed by atoms with E-state index in [1.54, 1.807) is 18.7 Å². The number of aryl methyl sites for hydroxylation is 2. The summed E-state index contributed by atoms with van der Waals surface area (Å²) in [6, 6.07) is 1.33. The number of hydrogen-bond donors (Lipinski definition) is 1. The van der Waals surface area contributed by atoms with Gasteiger partial charge in [-0.25, -0.2) is 9.78 Å². The SMILES string of the molecule is Cc1nn(C)c(C)c1NC(=O)[C@H](C)OC(=O)c1cnc(Cl)c(Cl)c1. The van der Waals surface area contributed by atoms with Crippen molar-refractivity contribution >= 4 is 40.8 Å². The lowest BCUT2D eigenvalue weighted by Gasteiger charge is -2.14. The summed E-state index contributed by atoms with van der Waals surface area (Å²) in [5, 5.41) is 7.14. The first-order valence-electron chi connectivity index (χ1n) is 7.03. The second kappa shape index (κ2) is 7.19. The zero-order chi connectivity index (χ0) is 18.0. The molecule has 0 radical (unpaired) electrons. The molecule has 0 aromatic carbocycles. The minimum atomic E-state index is -1.01. The number of amides is 1. The van der Waals surface area contributed by atoms with Crippen LogP contribution in [0.15, 0.2) is 12.3 Å². The van der Waals surface area contributed by atoms with E-state index in [1.165, 1.54) is 19.2 Å². The lowest BCUT2D eigenvalue weighted by molar-refractivity contribution is -0.123. The van der Waals surface area contributed by atoms with Gasteiger partial charge in [-0.2, -0.15) is 5.10 Å². The maximum Gasteiger partial charge on any atom is 0.340 e. The average Bonchev–Trinajstić information content (AvgIpc) is 2.76. The second-order valence-corrected chi connectivity index (χ2v) is 5.97. The van der Waals surface area contributed by atoms with Crippen LogP contribution >= 0.6 is 23.2 Å². The summed E-state index contributed by atoms with van der Waals surface area (Å²) in [6.07, 6.45) is 0.224. The normalized spacial score (nSPS) is 11.9. The Kier molecular flexibility index (Phi) is 5.46. The molecule has 0 aliphatic rings. The smallest absolute Gasteiger partial charge is 0.340 e. The summed E-state index contributed by atoms with van der Waals surface area (Å²) >= 11 is 11.5. The lowest BCUT2D eigenvalue weighted by atomic mass is 10.2. The van der Waals surface area contributed by atoms with Crippen LogP contribution in [-0.4, -0.2) is 32.7 Å². The summed E-state index contributed by atoms with van der Waals surface area (Å²) in [6.45, 7) is 5.08. The quantitative estimate of drug-likeness (QED) is 0.660. The zero-order valence-electron chi connectivity index (χ0n) is 13.6. The largest absolute Gasteiger partial charge is 0.449 e. The Morgan fingerprint density at radius 2 is 2.00 bits per heavy atom. The van der Waals surface area contributed by atoms with E-state index in [1.807, 2.05) is 6.92 Å². The Morgan fingerprint density at radius 1 is 1.33 bits per heavy atom. The van der Waals surface area contributed by atoms with Gasteiger partial charge in [-0.3, -0.25) is 9.48 Å². The summed E-state index contributed by atoms with van der Waals surface area (Å²) in [5.74, 6) is -1.18. The Balaban J connectivity index is 2.05. The van der Waals surface area contributed by atoms with Crippen LogP contribution in [0.25, 0.3) is 0 Å². The van der Waals surface area contributed by atoms with Crippen molar-refractivity contribution in [1.29, 1.82) is 0 Å². The van der Waals surface area contributed by atoms with Crippen molar-refractivity contribution in [2.45, 2.75) is 26.9 Å². The summed E-state index contributed by atoms with van der Waals surface area (Å²) in [5.41, 5.74) is 2.18. The first kappa shape index (κ1) is 18.2. The second-order valence-electron chi connectivity index (χ2n) is 5.20. The summed E-state index contributed by atoms with van der Waals surface area (Å²) in [7, 11) is 1.78. The third-order valence-corrected chi connectivity index (χ3v) is 4.13. The van der Waals surface area contributed by atoms with E-state index in [4.69, 9.17) is 27.9 Å². The molecule has 2 rings (SSSR count). The monoisotopic (exact) mass is 370 g/mol. The van der Waals surface area contributed by atoms with E-state index in [0.29, 0.717) is 11.4 Å². The lowest BCUT2D eigenvalue weighted by Crippen LogP contribution is -2.30. The Bertz CT molecular complexity index is 804. The van der Waals surface area contributed by atoms with Crippen LogP contribution in [0.4, 0.5) is 5.69 Å². The maximum atomic E-state index is 12.2. The highest BCUT2D eigenvalue weighted by atomic mass is 35.5. The molecule has 2 aromatic heterocycles. The molecule has 0 spiro atoms. The molecule has 0 fully saturated rings. The molecule has 0 bridgehead atoms. The van der Waals surface area contributed by atoms with Crippen molar-refractivity contribution in [2.24, 2.45) is 7.05 Å². The maximum absolute atomic E-state index is 12.2. The highest BCUT2D eigenvalue weighted by Gasteiger charge is 2.22. The molecule has 2 aromatic rings. The molecule has 0 unspecified atom stereocenters. The molecule has 9 heteroatoms. The molecule has 0 aliphatic heterocycles. The van der Waals surface area contributed by atoms with Crippen LogP contribution in [0, 0.1) is 13.8 Å². The third kappa shape index (κ3) is 3.85. The number of hydrogen-bond acceptors (Lipinski definition) is 5. The number of pyridine rings is 1. The van der Waals surface area contributed by atoms with E-state index in [-0.39, 0.29) is 15.7 Å². The first-order chi connectivity index (χ1) is 11.2. The molecule has 24 heavy (non-hydrogen) atoms. The number of esters is 1. The fraction of sp³-hybridized carbons (Fsp3) is 0.333. The average molecular weight is 371 g/mol. The molecule has 0 saturated carbocycles. The molecule has 2 heterocycles. The van der Waals surface area contributed by atoms with Gasteiger partial charge < -0.3 is 10.1 Å². The molecular formula is C15H16Cl2N4O3. The van der Waals surface area contributed by atoms with E-state index in [9.17, 15) is 9.59 Å². The van der Waals surface area contributed by atoms with Gasteiger partial charge in [0.05, 0.1) is 27.7 Å². The van der Waals surface area contributed by atoms with Gasteiger partial charge >= 0.3 is 5.97 Å². The van der Waals surface area contributed by atoms with Crippen molar-refractivity contribution in [1.82, 2.24) is 14.8 Å². The van der Waals surface area contributed by atoms with E-state index in [2.05, 4.69) is 15.4 Å². The molecule has 128 valence electrons. The van der Waals surface area contributed by atoms with E-state index < -0.39 is 18.0 Å². The van der Waals surface area contributed by atoms with Crippen molar-refractivity contribution in [3.63, 3.8) is 0 Å². The summed E-state index contributed by atoms with van der Waals surface area (Å²) < 4.78 is 6.79. The van der Waals surface area contributed by atoms with Gasteiger partial charge in [-0.05, 0) is 26.8 Å². The highest BCUT2D eigenvalue weighted by Crippen LogP contribution is 2.21. The van der Waals surface area contributed by atoms with Crippen molar-refractivity contribution in [2.75, 3.05) is 5.32 Å². The van der Waals surface area contributed by atoms with Crippen molar-refractivity contribution in [3.05, 3.63) is 39.4 Å². The number of nitrogens with zero attached hydrogens (tertiary/aromatic N) is 3. The van der Waals surface area contributed by atoms with Crippen LogP contribution in [0.1, 0.15) is 28.7 Å². The number of anilines is 1. The Morgan fingerprint density at radius 3 is 2.54 bits per heavy atom. The van der Waals surface area contributed by atoms with Gasteiger partial charge in [0.2, 0.25) is 0 Å².